The molecule has 1 aromatic rings. The third-order valence-corrected chi connectivity index (χ3v) is 4.17. The minimum atomic E-state index is -0.585. The van der Waals surface area contributed by atoms with Gasteiger partial charge < -0.3 is 14.8 Å². The number of esters is 1. The fourth-order valence-corrected chi connectivity index (χ4v) is 2.83. The lowest BCUT2D eigenvalue weighted by atomic mass is 9.89. The van der Waals surface area contributed by atoms with Crippen LogP contribution in [0.1, 0.15) is 39.9 Å². The van der Waals surface area contributed by atoms with Crippen molar-refractivity contribution in [2.24, 2.45) is 0 Å². The first-order chi connectivity index (χ1) is 9.05. The number of ether oxygens (including phenoxy) is 2. The van der Waals surface area contributed by atoms with Crippen LogP contribution in [-0.4, -0.2) is 43.1 Å². The predicted molar refractivity (Wildman–Crippen MR) is 70.9 cm³/mol. The maximum absolute atomic E-state index is 11.5. The third kappa shape index (κ3) is 2.93. The quantitative estimate of drug-likeness (QED) is 0.655. The third-order valence-electron chi connectivity index (χ3n) is 3.08. The molecular weight excluding hydrogens is 268 g/mol. The zero-order valence-electron chi connectivity index (χ0n) is 11.1. The van der Waals surface area contributed by atoms with Crippen molar-refractivity contribution in [3.63, 3.8) is 0 Å². The van der Waals surface area contributed by atoms with Crippen LogP contribution in [0.3, 0.4) is 0 Å². The summed E-state index contributed by atoms with van der Waals surface area (Å²) in [5, 5.41) is 3.78. The number of ketones is 1. The number of carbonyl (C=O) groups is 2. The van der Waals surface area contributed by atoms with Gasteiger partial charge in [0, 0.05) is 20.1 Å². The number of nitrogens with zero attached hydrogens (tertiary/aromatic N) is 1. The van der Waals surface area contributed by atoms with Crippen LogP contribution in [0.25, 0.3) is 0 Å². The zero-order valence-corrected chi connectivity index (χ0v) is 11.9. The molecule has 0 radical (unpaired) electrons. The maximum Gasteiger partial charge on any atom is 0.358 e. The molecule has 1 aromatic heterocycles. The Bertz CT molecular complexity index is 494. The van der Waals surface area contributed by atoms with Crippen LogP contribution in [0, 0.1) is 0 Å². The van der Waals surface area contributed by atoms with Crippen LogP contribution < -0.4 is 5.32 Å². The first-order valence-corrected chi connectivity index (χ1v) is 6.76. The lowest BCUT2D eigenvalue weighted by Gasteiger charge is -2.34. The van der Waals surface area contributed by atoms with E-state index in [1.54, 1.807) is 7.11 Å². The summed E-state index contributed by atoms with van der Waals surface area (Å²) in [7, 11) is 2.96. The summed E-state index contributed by atoms with van der Waals surface area (Å²) >= 11 is 1.18. The Morgan fingerprint density at radius 1 is 1.37 bits per heavy atom. The van der Waals surface area contributed by atoms with Gasteiger partial charge in [-0.1, -0.05) is 11.3 Å². The Labute approximate surface area is 115 Å². The fraction of sp³-hybridized carbons (Fsp3) is 0.583. The molecule has 7 heteroatoms. The smallest absolute Gasteiger partial charge is 0.358 e. The van der Waals surface area contributed by atoms with E-state index in [-0.39, 0.29) is 23.6 Å². The summed E-state index contributed by atoms with van der Waals surface area (Å²) in [5.41, 5.74) is 0.0881. The molecule has 19 heavy (non-hydrogen) atoms. The van der Waals surface area contributed by atoms with Crippen LogP contribution in [0.15, 0.2) is 0 Å². The average Bonchev–Trinajstić information content (AvgIpc) is 2.76. The van der Waals surface area contributed by atoms with Crippen LogP contribution in [-0.2, 0) is 9.47 Å². The standard InChI is InChI=1S/C12H16N2O4S/c1-6(15)10-9(11(16)18-3)14-12(19-10)13-7-4-8(5-7)17-2/h7-8H,4-5H2,1-3H3,(H,13,14). The van der Waals surface area contributed by atoms with Crippen molar-refractivity contribution in [1.29, 1.82) is 0 Å². The maximum atomic E-state index is 11.5. The predicted octanol–water partition coefficient (Wildman–Crippen LogP) is 1.72. The van der Waals surface area contributed by atoms with Gasteiger partial charge in [0.25, 0.3) is 0 Å². The van der Waals surface area contributed by atoms with Gasteiger partial charge in [-0.2, -0.15) is 0 Å². The molecule has 0 aromatic carbocycles. The highest BCUT2D eigenvalue weighted by Gasteiger charge is 2.30. The zero-order chi connectivity index (χ0) is 14.0. The number of hydrogen-bond acceptors (Lipinski definition) is 7. The molecule has 1 fully saturated rings. The number of Topliss-reactive ketones (excluding diaryl/α,β-unsaturated/α-hetero) is 1. The Kier molecular flexibility index (Phi) is 4.16. The van der Waals surface area contributed by atoms with Crippen LogP contribution in [0.5, 0.6) is 0 Å². The molecule has 0 amide bonds. The van der Waals surface area contributed by atoms with E-state index >= 15 is 0 Å². The van der Waals surface area contributed by atoms with Gasteiger partial charge in [-0.25, -0.2) is 9.78 Å². The van der Waals surface area contributed by atoms with Crippen molar-refractivity contribution in [2.45, 2.75) is 31.9 Å². The number of methoxy groups -OCH3 is 2. The van der Waals surface area contributed by atoms with E-state index in [2.05, 4.69) is 15.0 Å². The topological polar surface area (TPSA) is 77.5 Å². The second-order valence-electron chi connectivity index (χ2n) is 4.41. The summed E-state index contributed by atoms with van der Waals surface area (Å²) in [4.78, 5) is 27.5. The molecule has 1 aliphatic carbocycles. The Hall–Kier alpha value is -1.47. The van der Waals surface area contributed by atoms with Gasteiger partial charge in [0.2, 0.25) is 0 Å². The Balaban J connectivity index is 2.10. The average molecular weight is 284 g/mol. The van der Waals surface area contributed by atoms with E-state index in [4.69, 9.17) is 4.74 Å². The van der Waals surface area contributed by atoms with E-state index in [1.807, 2.05) is 0 Å². The molecule has 0 aliphatic heterocycles. The van der Waals surface area contributed by atoms with E-state index in [0.717, 1.165) is 12.8 Å². The number of nitrogens with one attached hydrogen (secondary N) is 1. The van der Waals surface area contributed by atoms with Gasteiger partial charge >= 0.3 is 5.97 Å². The first kappa shape index (κ1) is 14.0. The van der Waals surface area contributed by atoms with E-state index in [0.29, 0.717) is 10.0 Å². The molecule has 1 heterocycles. The molecule has 104 valence electrons. The van der Waals surface area contributed by atoms with E-state index in [9.17, 15) is 9.59 Å². The van der Waals surface area contributed by atoms with Gasteiger partial charge in [-0.15, -0.1) is 0 Å². The van der Waals surface area contributed by atoms with Gasteiger partial charge in [-0.3, -0.25) is 4.79 Å². The lowest BCUT2D eigenvalue weighted by Crippen LogP contribution is -2.40. The summed E-state index contributed by atoms with van der Waals surface area (Å²) in [6.07, 6.45) is 2.09. The highest BCUT2D eigenvalue weighted by molar-refractivity contribution is 7.17. The van der Waals surface area contributed by atoms with Crippen molar-refractivity contribution < 1.29 is 19.1 Å². The van der Waals surface area contributed by atoms with Crippen LogP contribution in [0.4, 0.5) is 5.13 Å². The molecule has 1 aliphatic rings. The number of rotatable bonds is 5. The van der Waals surface area contributed by atoms with Gasteiger partial charge in [0.1, 0.15) is 4.88 Å². The molecule has 0 unspecified atom stereocenters. The number of hydrogen-bond donors (Lipinski definition) is 1. The first-order valence-electron chi connectivity index (χ1n) is 5.94. The lowest BCUT2D eigenvalue weighted by molar-refractivity contribution is 0.0328. The number of carbonyl (C=O) groups excluding carboxylic acids is 2. The Morgan fingerprint density at radius 3 is 2.58 bits per heavy atom. The molecule has 2 rings (SSSR count). The second-order valence-corrected chi connectivity index (χ2v) is 5.41. The van der Waals surface area contributed by atoms with Crippen molar-refractivity contribution in [3.05, 3.63) is 10.6 Å². The van der Waals surface area contributed by atoms with Crippen molar-refractivity contribution >= 4 is 28.2 Å². The molecule has 1 N–H and O–H groups in total. The molecule has 0 saturated heterocycles. The summed E-state index contributed by atoms with van der Waals surface area (Å²) in [6.45, 7) is 1.41. The fourth-order valence-electron chi connectivity index (χ4n) is 1.91. The summed E-state index contributed by atoms with van der Waals surface area (Å²) < 4.78 is 9.82. The number of aromatic nitrogens is 1. The molecular formula is C12H16N2O4S. The minimum Gasteiger partial charge on any atom is -0.464 e. The summed E-state index contributed by atoms with van der Waals surface area (Å²) in [5.74, 6) is -0.771. The van der Waals surface area contributed by atoms with Gasteiger partial charge in [0.15, 0.2) is 16.6 Å². The SMILES string of the molecule is COC(=O)c1nc(NC2CC(OC)C2)sc1C(C)=O. The Morgan fingerprint density at radius 2 is 2.05 bits per heavy atom. The molecule has 0 spiro atoms. The van der Waals surface area contributed by atoms with Crippen LogP contribution >= 0.6 is 11.3 Å². The van der Waals surface area contributed by atoms with Gasteiger partial charge in [-0.05, 0) is 12.8 Å². The van der Waals surface area contributed by atoms with Crippen LogP contribution in [0.2, 0.25) is 0 Å². The molecule has 6 nitrogen and oxygen atoms in total. The van der Waals surface area contributed by atoms with E-state index in [1.165, 1.54) is 25.4 Å². The molecule has 0 bridgehead atoms. The highest BCUT2D eigenvalue weighted by atomic mass is 32.1. The molecule has 0 atom stereocenters. The molecule has 1 saturated carbocycles. The number of anilines is 1. The van der Waals surface area contributed by atoms with Crippen molar-refractivity contribution in [1.82, 2.24) is 4.98 Å². The monoisotopic (exact) mass is 284 g/mol. The number of thiazole rings is 1. The summed E-state index contributed by atoms with van der Waals surface area (Å²) in [6, 6.07) is 0.279. The van der Waals surface area contributed by atoms with Crippen molar-refractivity contribution in [2.75, 3.05) is 19.5 Å². The van der Waals surface area contributed by atoms with Crippen molar-refractivity contribution in [3.8, 4) is 0 Å². The largest absolute Gasteiger partial charge is 0.464 e. The highest BCUT2D eigenvalue weighted by Crippen LogP contribution is 2.30. The minimum absolute atomic E-state index is 0.0881. The second kappa shape index (κ2) is 5.66. The van der Waals surface area contributed by atoms with E-state index < -0.39 is 5.97 Å². The van der Waals surface area contributed by atoms with Gasteiger partial charge in [0.05, 0.1) is 13.2 Å². The normalized spacial score (nSPS) is 21.6.